The summed E-state index contributed by atoms with van der Waals surface area (Å²) in [7, 11) is 0. The smallest absolute Gasteiger partial charge is 0.147 e. The Bertz CT molecular complexity index is 474. The van der Waals surface area contributed by atoms with Crippen molar-refractivity contribution in [3.05, 3.63) is 24.3 Å². The van der Waals surface area contributed by atoms with Gasteiger partial charge in [0.1, 0.15) is 5.82 Å². The monoisotopic (exact) mass is 233 g/mol. The molecule has 1 saturated heterocycles. The summed E-state index contributed by atoms with van der Waals surface area (Å²) in [5, 5.41) is 8.17. The number of hydrogen-bond acceptors (Lipinski definition) is 4. The summed E-state index contributed by atoms with van der Waals surface area (Å²) >= 11 is 1.56. The molecule has 2 aromatic rings. The van der Waals surface area contributed by atoms with E-state index in [9.17, 15) is 0 Å². The fourth-order valence-electron chi connectivity index (χ4n) is 2.16. The number of benzene rings is 1. The summed E-state index contributed by atoms with van der Waals surface area (Å²) in [5.41, 5.74) is 0. The van der Waals surface area contributed by atoms with E-state index in [1.165, 1.54) is 22.9 Å². The standard InChI is InChI=1S/C12H15N3S/c1-2-6-11-10(5-1)12(15-16-11)14-8-9-4-3-7-13-9/h1-2,5-6,9,13H,3-4,7-8H2,(H,14,15)/t9-/m0/s1. The van der Waals surface area contributed by atoms with Crippen molar-refractivity contribution in [2.24, 2.45) is 0 Å². The van der Waals surface area contributed by atoms with Crippen molar-refractivity contribution in [2.45, 2.75) is 18.9 Å². The average molecular weight is 233 g/mol. The molecule has 1 aromatic heterocycles. The van der Waals surface area contributed by atoms with E-state index in [0.29, 0.717) is 6.04 Å². The molecule has 0 spiro atoms. The van der Waals surface area contributed by atoms with Crippen LogP contribution in [0.15, 0.2) is 24.3 Å². The summed E-state index contributed by atoms with van der Waals surface area (Å²) < 4.78 is 5.71. The van der Waals surface area contributed by atoms with Gasteiger partial charge in [0.2, 0.25) is 0 Å². The molecule has 3 rings (SSSR count). The molecule has 1 atom stereocenters. The highest BCUT2D eigenvalue weighted by Crippen LogP contribution is 2.26. The summed E-state index contributed by atoms with van der Waals surface area (Å²) in [6.45, 7) is 2.14. The number of nitrogens with zero attached hydrogens (tertiary/aromatic N) is 1. The Morgan fingerprint density at radius 1 is 1.44 bits per heavy atom. The third-order valence-corrected chi connectivity index (χ3v) is 3.88. The van der Waals surface area contributed by atoms with E-state index in [2.05, 4.69) is 39.3 Å². The molecule has 1 aliphatic heterocycles. The SMILES string of the molecule is c1ccc2c(NC[C@@H]3CCCN3)nsc2c1. The highest BCUT2D eigenvalue weighted by Gasteiger charge is 2.14. The van der Waals surface area contributed by atoms with E-state index < -0.39 is 0 Å². The second-order valence-corrected chi connectivity index (χ2v) is 5.01. The first-order chi connectivity index (χ1) is 7.93. The third kappa shape index (κ3) is 1.90. The lowest BCUT2D eigenvalue weighted by Crippen LogP contribution is -2.29. The van der Waals surface area contributed by atoms with Gasteiger partial charge in [0, 0.05) is 18.0 Å². The highest BCUT2D eigenvalue weighted by atomic mass is 32.1. The Labute approximate surface area is 99.0 Å². The van der Waals surface area contributed by atoms with Gasteiger partial charge in [0.05, 0.1) is 4.70 Å². The fraction of sp³-hybridized carbons (Fsp3) is 0.417. The van der Waals surface area contributed by atoms with Crippen molar-refractivity contribution in [1.82, 2.24) is 9.69 Å². The number of nitrogens with one attached hydrogen (secondary N) is 2. The minimum Gasteiger partial charge on any atom is -0.367 e. The molecular weight excluding hydrogens is 218 g/mol. The summed E-state index contributed by atoms with van der Waals surface area (Å²) in [5.74, 6) is 1.04. The molecular formula is C12H15N3S. The van der Waals surface area contributed by atoms with Gasteiger partial charge in [-0.05, 0) is 43.1 Å². The van der Waals surface area contributed by atoms with Gasteiger partial charge in [-0.2, -0.15) is 4.37 Å². The normalized spacial score (nSPS) is 20.4. The molecule has 0 unspecified atom stereocenters. The summed E-state index contributed by atoms with van der Waals surface area (Å²) in [6.07, 6.45) is 2.57. The predicted octanol–water partition coefficient (Wildman–Crippen LogP) is 2.46. The van der Waals surface area contributed by atoms with Gasteiger partial charge in [-0.25, -0.2) is 0 Å². The first-order valence-corrected chi connectivity index (χ1v) is 6.52. The Balaban J connectivity index is 1.73. The number of fused-ring (bicyclic) bond motifs is 1. The zero-order valence-electron chi connectivity index (χ0n) is 9.07. The largest absolute Gasteiger partial charge is 0.367 e. The highest BCUT2D eigenvalue weighted by molar-refractivity contribution is 7.13. The second-order valence-electron chi connectivity index (χ2n) is 4.20. The van der Waals surface area contributed by atoms with Crippen molar-refractivity contribution < 1.29 is 0 Å². The molecule has 84 valence electrons. The van der Waals surface area contributed by atoms with Gasteiger partial charge in [-0.3, -0.25) is 0 Å². The van der Waals surface area contributed by atoms with Crippen LogP contribution in [0.1, 0.15) is 12.8 Å². The lowest BCUT2D eigenvalue weighted by Gasteiger charge is -2.10. The molecule has 0 saturated carbocycles. The lowest BCUT2D eigenvalue weighted by atomic mass is 10.2. The van der Waals surface area contributed by atoms with Crippen molar-refractivity contribution in [3.63, 3.8) is 0 Å². The minimum absolute atomic E-state index is 0.612. The molecule has 3 nitrogen and oxygen atoms in total. The van der Waals surface area contributed by atoms with Crippen LogP contribution in [0.2, 0.25) is 0 Å². The molecule has 1 aromatic carbocycles. The average Bonchev–Trinajstić information content (AvgIpc) is 2.96. The van der Waals surface area contributed by atoms with Crippen LogP contribution in [0.5, 0.6) is 0 Å². The van der Waals surface area contributed by atoms with E-state index in [-0.39, 0.29) is 0 Å². The van der Waals surface area contributed by atoms with Crippen LogP contribution in [-0.2, 0) is 0 Å². The minimum atomic E-state index is 0.612. The van der Waals surface area contributed by atoms with Crippen LogP contribution in [0.4, 0.5) is 5.82 Å². The van der Waals surface area contributed by atoms with Gasteiger partial charge >= 0.3 is 0 Å². The maximum Gasteiger partial charge on any atom is 0.147 e. The lowest BCUT2D eigenvalue weighted by molar-refractivity contribution is 0.633. The van der Waals surface area contributed by atoms with Crippen LogP contribution in [0.3, 0.4) is 0 Å². The van der Waals surface area contributed by atoms with E-state index in [1.54, 1.807) is 11.5 Å². The third-order valence-electron chi connectivity index (χ3n) is 3.06. The van der Waals surface area contributed by atoms with Crippen LogP contribution >= 0.6 is 11.5 Å². The van der Waals surface area contributed by atoms with Crippen LogP contribution in [0.25, 0.3) is 10.1 Å². The first-order valence-electron chi connectivity index (χ1n) is 5.75. The molecule has 0 bridgehead atoms. The zero-order valence-corrected chi connectivity index (χ0v) is 9.89. The molecule has 16 heavy (non-hydrogen) atoms. The molecule has 0 amide bonds. The van der Waals surface area contributed by atoms with Crippen LogP contribution in [-0.4, -0.2) is 23.5 Å². The Kier molecular flexibility index (Phi) is 2.76. The molecule has 0 aliphatic carbocycles. The summed E-state index contributed by atoms with van der Waals surface area (Å²) in [6, 6.07) is 8.98. The number of rotatable bonds is 3. The second kappa shape index (κ2) is 4.39. The Morgan fingerprint density at radius 2 is 2.38 bits per heavy atom. The van der Waals surface area contributed by atoms with E-state index in [4.69, 9.17) is 0 Å². The molecule has 2 N–H and O–H groups in total. The maximum atomic E-state index is 4.46. The number of aromatic nitrogens is 1. The molecule has 4 heteroatoms. The van der Waals surface area contributed by atoms with Crippen molar-refractivity contribution >= 4 is 27.4 Å². The van der Waals surface area contributed by atoms with Crippen molar-refractivity contribution in [1.29, 1.82) is 0 Å². The van der Waals surface area contributed by atoms with Gasteiger partial charge in [-0.1, -0.05) is 12.1 Å². The number of anilines is 1. The topological polar surface area (TPSA) is 37.0 Å². The maximum absolute atomic E-state index is 4.46. The van der Waals surface area contributed by atoms with E-state index in [0.717, 1.165) is 18.9 Å². The molecule has 1 fully saturated rings. The van der Waals surface area contributed by atoms with Crippen molar-refractivity contribution in [3.8, 4) is 0 Å². The Morgan fingerprint density at radius 3 is 3.25 bits per heavy atom. The van der Waals surface area contributed by atoms with E-state index in [1.807, 2.05) is 0 Å². The Hall–Kier alpha value is -1.13. The zero-order chi connectivity index (χ0) is 10.8. The number of hydrogen-bond donors (Lipinski definition) is 2. The predicted molar refractivity (Wildman–Crippen MR) is 69.1 cm³/mol. The van der Waals surface area contributed by atoms with Gasteiger partial charge < -0.3 is 10.6 Å². The molecule has 1 aliphatic rings. The van der Waals surface area contributed by atoms with Gasteiger partial charge in [0.15, 0.2) is 0 Å². The molecule has 2 heterocycles. The van der Waals surface area contributed by atoms with Gasteiger partial charge in [-0.15, -0.1) is 0 Å². The van der Waals surface area contributed by atoms with Crippen LogP contribution < -0.4 is 10.6 Å². The quantitative estimate of drug-likeness (QED) is 0.855. The first kappa shape index (κ1) is 10.1. The van der Waals surface area contributed by atoms with Gasteiger partial charge in [0.25, 0.3) is 0 Å². The molecule has 0 radical (unpaired) electrons. The summed E-state index contributed by atoms with van der Waals surface area (Å²) in [4.78, 5) is 0. The fourth-order valence-corrected chi connectivity index (χ4v) is 2.92. The van der Waals surface area contributed by atoms with Crippen LogP contribution in [0, 0.1) is 0 Å². The van der Waals surface area contributed by atoms with Crippen molar-refractivity contribution in [2.75, 3.05) is 18.4 Å². The van der Waals surface area contributed by atoms with E-state index >= 15 is 0 Å².